The molecule has 1 saturated heterocycles. The van der Waals surface area contributed by atoms with Crippen molar-refractivity contribution < 1.29 is 4.74 Å². The lowest BCUT2D eigenvalue weighted by Crippen LogP contribution is -2.52. The molecule has 0 aliphatic carbocycles. The highest BCUT2D eigenvalue weighted by atomic mass is 16.5. The molecule has 1 aromatic heterocycles. The summed E-state index contributed by atoms with van der Waals surface area (Å²) >= 11 is 0. The lowest BCUT2D eigenvalue weighted by Gasteiger charge is -2.37. The van der Waals surface area contributed by atoms with Crippen LogP contribution in [0, 0.1) is 6.92 Å². The highest BCUT2D eigenvalue weighted by Gasteiger charge is 2.28. The van der Waals surface area contributed by atoms with Crippen molar-refractivity contribution in [1.82, 2.24) is 9.97 Å². The van der Waals surface area contributed by atoms with Gasteiger partial charge >= 0.3 is 0 Å². The predicted octanol–water partition coefficient (Wildman–Crippen LogP) is 1.29. The smallest absolute Gasteiger partial charge is 0.135 e. The molecule has 1 fully saturated rings. The average molecular weight is 264 g/mol. The normalized spacial score (nSPS) is 23.7. The van der Waals surface area contributed by atoms with E-state index in [4.69, 9.17) is 10.5 Å². The van der Waals surface area contributed by atoms with Crippen molar-refractivity contribution in [2.24, 2.45) is 5.73 Å². The van der Waals surface area contributed by atoms with Gasteiger partial charge in [-0.15, -0.1) is 0 Å². The highest BCUT2D eigenvalue weighted by molar-refractivity contribution is 5.47. The van der Waals surface area contributed by atoms with Crippen LogP contribution >= 0.6 is 0 Å². The maximum atomic E-state index is 6.07. The summed E-state index contributed by atoms with van der Waals surface area (Å²) in [5.74, 6) is 1.88. The van der Waals surface area contributed by atoms with Crippen molar-refractivity contribution in [3.8, 4) is 0 Å². The minimum absolute atomic E-state index is 0.0819. The Morgan fingerprint density at radius 3 is 3.00 bits per heavy atom. The van der Waals surface area contributed by atoms with E-state index in [9.17, 15) is 0 Å². The van der Waals surface area contributed by atoms with E-state index in [0.29, 0.717) is 0 Å². The summed E-state index contributed by atoms with van der Waals surface area (Å²) in [4.78, 5) is 11.2. The van der Waals surface area contributed by atoms with Crippen LogP contribution < -0.4 is 10.6 Å². The SMILES string of the molecule is CCCc1cnc(C)nc1N1CC[C@H](N)[C@H](OC)C1. The fourth-order valence-corrected chi connectivity index (χ4v) is 2.58. The van der Waals surface area contributed by atoms with E-state index in [-0.39, 0.29) is 12.1 Å². The molecule has 2 heterocycles. The molecule has 0 aromatic carbocycles. The molecule has 0 radical (unpaired) electrons. The molecule has 1 aliphatic rings. The zero-order chi connectivity index (χ0) is 13.8. The fraction of sp³-hybridized carbons (Fsp3) is 0.714. The van der Waals surface area contributed by atoms with Crippen LogP contribution in [0.4, 0.5) is 5.82 Å². The summed E-state index contributed by atoms with van der Waals surface area (Å²) in [5.41, 5.74) is 7.29. The molecule has 5 heteroatoms. The van der Waals surface area contributed by atoms with Gasteiger partial charge in [-0.3, -0.25) is 0 Å². The number of rotatable bonds is 4. The third-order valence-electron chi connectivity index (χ3n) is 3.69. The Morgan fingerprint density at radius 1 is 1.53 bits per heavy atom. The number of aryl methyl sites for hydroxylation is 2. The summed E-state index contributed by atoms with van der Waals surface area (Å²) < 4.78 is 5.48. The number of ether oxygens (including phenoxy) is 1. The molecule has 19 heavy (non-hydrogen) atoms. The maximum absolute atomic E-state index is 6.07. The first kappa shape index (κ1) is 14.2. The number of aromatic nitrogens is 2. The second-order valence-electron chi connectivity index (χ2n) is 5.19. The van der Waals surface area contributed by atoms with Crippen LogP contribution in [0.1, 0.15) is 31.2 Å². The van der Waals surface area contributed by atoms with Gasteiger partial charge in [0.05, 0.1) is 6.10 Å². The van der Waals surface area contributed by atoms with Gasteiger partial charge in [-0.25, -0.2) is 9.97 Å². The van der Waals surface area contributed by atoms with Crippen molar-refractivity contribution in [2.45, 2.75) is 45.3 Å². The van der Waals surface area contributed by atoms with Crippen molar-refractivity contribution in [3.63, 3.8) is 0 Å². The largest absolute Gasteiger partial charge is 0.378 e. The maximum Gasteiger partial charge on any atom is 0.135 e. The quantitative estimate of drug-likeness (QED) is 0.887. The third-order valence-corrected chi connectivity index (χ3v) is 3.69. The second kappa shape index (κ2) is 6.30. The standard InChI is InChI=1S/C14H24N4O/c1-4-5-11-8-16-10(2)17-14(11)18-7-6-12(15)13(9-18)19-3/h8,12-13H,4-7,9,15H2,1-3H3/t12-,13+/m0/s1. The van der Waals surface area contributed by atoms with Gasteiger partial charge in [-0.05, 0) is 19.8 Å². The van der Waals surface area contributed by atoms with Gasteiger partial charge in [0.15, 0.2) is 0 Å². The summed E-state index contributed by atoms with van der Waals surface area (Å²) in [5, 5.41) is 0. The second-order valence-corrected chi connectivity index (χ2v) is 5.19. The summed E-state index contributed by atoms with van der Waals surface area (Å²) in [7, 11) is 1.73. The van der Waals surface area contributed by atoms with Crippen molar-refractivity contribution in [1.29, 1.82) is 0 Å². The van der Waals surface area contributed by atoms with Gasteiger partial charge in [-0.2, -0.15) is 0 Å². The fourth-order valence-electron chi connectivity index (χ4n) is 2.58. The molecule has 0 bridgehead atoms. The number of piperidine rings is 1. The lowest BCUT2D eigenvalue weighted by molar-refractivity contribution is 0.0727. The molecular weight excluding hydrogens is 240 g/mol. The third kappa shape index (κ3) is 3.22. The Labute approximate surface area is 115 Å². The zero-order valence-corrected chi connectivity index (χ0v) is 12.1. The van der Waals surface area contributed by atoms with Crippen LogP contribution in [0.2, 0.25) is 0 Å². The van der Waals surface area contributed by atoms with Gasteiger partial charge in [0.2, 0.25) is 0 Å². The van der Waals surface area contributed by atoms with Crippen molar-refractivity contribution in [3.05, 3.63) is 17.6 Å². The molecule has 5 nitrogen and oxygen atoms in total. The van der Waals surface area contributed by atoms with E-state index >= 15 is 0 Å². The number of hydrogen-bond acceptors (Lipinski definition) is 5. The number of nitrogens with zero attached hydrogens (tertiary/aromatic N) is 3. The minimum atomic E-state index is 0.0819. The monoisotopic (exact) mass is 264 g/mol. The van der Waals surface area contributed by atoms with Gasteiger partial charge in [0.1, 0.15) is 11.6 Å². The Hall–Kier alpha value is -1.20. The zero-order valence-electron chi connectivity index (χ0n) is 12.1. The first-order chi connectivity index (χ1) is 9.15. The minimum Gasteiger partial charge on any atom is -0.378 e. The van der Waals surface area contributed by atoms with E-state index in [0.717, 1.165) is 44.0 Å². The predicted molar refractivity (Wildman–Crippen MR) is 76.4 cm³/mol. The van der Waals surface area contributed by atoms with Gasteiger partial charge in [0, 0.05) is 38.0 Å². The van der Waals surface area contributed by atoms with E-state index in [1.807, 2.05) is 13.1 Å². The Morgan fingerprint density at radius 2 is 2.32 bits per heavy atom. The Bertz CT molecular complexity index is 424. The average Bonchev–Trinajstić information content (AvgIpc) is 2.42. The lowest BCUT2D eigenvalue weighted by atomic mass is 10.0. The number of hydrogen-bond donors (Lipinski definition) is 1. The molecule has 0 spiro atoms. The van der Waals surface area contributed by atoms with E-state index in [2.05, 4.69) is 21.8 Å². The number of methoxy groups -OCH3 is 1. The number of nitrogens with two attached hydrogens (primary N) is 1. The molecule has 0 unspecified atom stereocenters. The first-order valence-corrected chi connectivity index (χ1v) is 7.01. The van der Waals surface area contributed by atoms with E-state index in [1.54, 1.807) is 7.11 Å². The van der Waals surface area contributed by atoms with E-state index in [1.165, 1.54) is 5.56 Å². The first-order valence-electron chi connectivity index (χ1n) is 7.01. The van der Waals surface area contributed by atoms with Crippen LogP contribution in [0.5, 0.6) is 0 Å². The highest BCUT2D eigenvalue weighted by Crippen LogP contribution is 2.23. The molecule has 2 atom stereocenters. The molecule has 106 valence electrons. The molecule has 0 saturated carbocycles. The molecular formula is C14H24N4O. The molecule has 1 aliphatic heterocycles. The molecule has 2 N–H and O–H groups in total. The molecule has 2 rings (SSSR count). The van der Waals surface area contributed by atoms with Crippen LogP contribution in [0.25, 0.3) is 0 Å². The van der Waals surface area contributed by atoms with Crippen LogP contribution in [0.3, 0.4) is 0 Å². The van der Waals surface area contributed by atoms with Gasteiger partial charge in [0.25, 0.3) is 0 Å². The van der Waals surface area contributed by atoms with Crippen LogP contribution in [-0.2, 0) is 11.2 Å². The van der Waals surface area contributed by atoms with Gasteiger partial charge in [-0.1, -0.05) is 13.3 Å². The van der Waals surface area contributed by atoms with Crippen LogP contribution in [0.15, 0.2) is 6.20 Å². The molecule has 1 aromatic rings. The Balaban J connectivity index is 2.22. The summed E-state index contributed by atoms with van der Waals surface area (Å²) in [6.45, 7) is 5.86. The number of anilines is 1. The summed E-state index contributed by atoms with van der Waals surface area (Å²) in [6, 6.07) is 0.124. The van der Waals surface area contributed by atoms with Crippen LogP contribution in [-0.4, -0.2) is 42.3 Å². The Kier molecular flexibility index (Phi) is 4.71. The van der Waals surface area contributed by atoms with E-state index < -0.39 is 0 Å². The summed E-state index contributed by atoms with van der Waals surface area (Å²) in [6.07, 6.45) is 5.08. The van der Waals surface area contributed by atoms with Crippen molar-refractivity contribution in [2.75, 3.05) is 25.1 Å². The van der Waals surface area contributed by atoms with Crippen molar-refractivity contribution >= 4 is 5.82 Å². The van der Waals surface area contributed by atoms with Gasteiger partial charge < -0.3 is 15.4 Å². The topological polar surface area (TPSA) is 64.3 Å². The molecule has 0 amide bonds.